The maximum Gasteiger partial charge on any atom is 0.344 e. The van der Waals surface area contributed by atoms with Gasteiger partial charge in [-0.15, -0.1) is 0 Å². The molecule has 2 aromatic heterocycles. The van der Waals surface area contributed by atoms with E-state index in [1.807, 2.05) is 31.2 Å². The van der Waals surface area contributed by atoms with Crippen molar-refractivity contribution in [2.24, 2.45) is 0 Å². The zero-order valence-corrected chi connectivity index (χ0v) is 18.6. The second kappa shape index (κ2) is 7.86. The van der Waals surface area contributed by atoms with Crippen LogP contribution in [0, 0.1) is 6.92 Å². The molecule has 9 nitrogen and oxygen atoms in total. The van der Waals surface area contributed by atoms with Gasteiger partial charge in [0.1, 0.15) is 5.75 Å². The highest BCUT2D eigenvalue weighted by molar-refractivity contribution is 7.87. The Morgan fingerprint density at radius 3 is 2.65 bits per heavy atom. The van der Waals surface area contributed by atoms with Crippen molar-refractivity contribution in [3.8, 4) is 5.75 Å². The molecule has 31 heavy (non-hydrogen) atoms. The summed E-state index contributed by atoms with van der Waals surface area (Å²) in [5.41, 5.74) is 1.96. The van der Waals surface area contributed by atoms with Crippen LogP contribution in [0.2, 0.25) is 0 Å². The third-order valence-electron chi connectivity index (χ3n) is 5.07. The predicted octanol–water partition coefficient (Wildman–Crippen LogP) is 2.74. The van der Waals surface area contributed by atoms with Gasteiger partial charge < -0.3 is 9.26 Å². The van der Waals surface area contributed by atoms with E-state index in [1.54, 1.807) is 19.1 Å². The van der Waals surface area contributed by atoms with Crippen LogP contribution in [0.3, 0.4) is 0 Å². The topological polar surface area (TPSA) is 99.6 Å². The molecule has 0 fully saturated rings. The van der Waals surface area contributed by atoms with Crippen LogP contribution in [-0.2, 0) is 16.8 Å². The molecule has 10 heteroatoms. The molecule has 0 radical (unpaired) electrons. The number of aromatic nitrogens is 3. The van der Waals surface area contributed by atoms with Crippen molar-refractivity contribution in [2.75, 3.05) is 20.7 Å². The quantitative estimate of drug-likeness (QED) is 0.435. The highest BCUT2D eigenvalue weighted by Crippen LogP contribution is 2.26. The Balaban J connectivity index is 1.94. The number of fused-ring (bicyclic) bond motifs is 2. The monoisotopic (exact) mass is 444 g/mol. The fourth-order valence-corrected chi connectivity index (χ4v) is 4.47. The fourth-order valence-electron chi connectivity index (χ4n) is 3.45. The number of benzene rings is 2. The van der Waals surface area contributed by atoms with Gasteiger partial charge in [-0.3, -0.25) is 4.57 Å². The van der Waals surface area contributed by atoms with Gasteiger partial charge in [0.2, 0.25) is 0 Å². The van der Waals surface area contributed by atoms with Crippen LogP contribution in [0.25, 0.3) is 22.0 Å². The van der Waals surface area contributed by atoms with Gasteiger partial charge in [-0.05, 0) is 37.1 Å². The number of hydrogen-bond donors (Lipinski definition) is 0. The molecule has 0 aliphatic carbocycles. The first-order chi connectivity index (χ1) is 14.7. The Morgan fingerprint density at radius 2 is 1.94 bits per heavy atom. The molecule has 2 heterocycles. The third-order valence-corrected chi connectivity index (χ3v) is 6.80. The second-order valence-electron chi connectivity index (χ2n) is 7.52. The van der Waals surface area contributed by atoms with Gasteiger partial charge in [0, 0.05) is 25.5 Å². The molecule has 164 valence electrons. The Hall–Kier alpha value is -3.11. The van der Waals surface area contributed by atoms with Crippen molar-refractivity contribution in [1.82, 2.24) is 18.0 Å². The Morgan fingerprint density at radius 1 is 1.16 bits per heavy atom. The van der Waals surface area contributed by atoms with Crippen molar-refractivity contribution in [3.63, 3.8) is 0 Å². The molecule has 0 atom stereocenters. The van der Waals surface area contributed by atoms with Crippen LogP contribution in [0.4, 0.5) is 0 Å². The second-order valence-corrected chi connectivity index (χ2v) is 9.52. The Labute approximate surface area is 179 Å². The summed E-state index contributed by atoms with van der Waals surface area (Å²) in [5.74, 6) is 0.703. The zero-order valence-electron chi connectivity index (χ0n) is 17.8. The molecule has 0 aliphatic rings. The van der Waals surface area contributed by atoms with Gasteiger partial charge in [0.05, 0.1) is 29.9 Å². The molecular weight excluding hydrogens is 420 g/mol. The minimum atomic E-state index is -4.06. The third kappa shape index (κ3) is 3.61. The molecule has 0 saturated heterocycles. The smallest absolute Gasteiger partial charge is 0.344 e. The first kappa shape index (κ1) is 21.1. The Kier molecular flexibility index (Phi) is 5.36. The van der Waals surface area contributed by atoms with E-state index in [9.17, 15) is 13.2 Å². The highest BCUT2D eigenvalue weighted by Gasteiger charge is 2.26. The summed E-state index contributed by atoms with van der Waals surface area (Å²) in [7, 11) is -1.29. The summed E-state index contributed by atoms with van der Waals surface area (Å²) in [5, 5.41) is 4.68. The van der Waals surface area contributed by atoms with E-state index in [0.29, 0.717) is 29.2 Å². The maximum atomic E-state index is 13.3. The summed E-state index contributed by atoms with van der Waals surface area (Å²) < 4.78 is 40.2. The van der Waals surface area contributed by atoms with Gasteiger partial charge in [-0.2, -0.15) is 16.7 Å². The average molecular weight is 445 g/mol. The number of imidazole rings is 1. The molecule has 0 bridgehead atoms. The molecular formula is C21H24N4O5S. The van der Waals surface area contributed by atoms with Crippen LogP contribution < -0.4 is 10.4 Å². The van der Waals surface area contributed by atoms with E-state index < -0.39 is 15.9 Å². The molecule has 0 saturated carbocycles. The molecule has 0 unspecified atom stereocenters. The predicted molar refractivity (Wildman–Crippen MR) is 118 cm³/mol. The van der Waals surface area contributed by atoms with Crippen LogP contribution in [-0.4, -0.2) is 47.1 Å². The van der Waals surface area contributed by atoms with Crippen molar-refractivity contribution in [2.45, 2.75) is 26.8 Å². The van der Waals surface area contributed by atoms with Crippen molar-refractivity contribution in [3.05, 3.63) is 58.1 Å². The van der Waals surface area contributed by atoms with Gasteiger partial charge in [0.15, 0.2) is 5.58 Å². The average Bonchev–Trinajstić information content (AvgIpc) is 3.22. The minimum Gasteiger partial charge on any atom is -0.494 e. The van der Waals surface area contributed by atoms with Crippen LogP contribution in [0.1, 0.15) is 24.6 Å². The molecule has 0 amide bonds. The Bertz CT molecular complexity index is 1430. The lowest BCUT2D eigenvalue weighted by atomic mass is 10.2. The largest absolute Gasteiger partial charge is 0.494 e. The van der Waals surface area contributed by atoms with Gasteiger partial charge in [-0.1, -0.05) is 24.2 Å². The van der Waals surface area contributed by atoms with E-state index in [4.69, 9.17) is 9.26 Å². The summed E-state index contributed by atoms with van der Waals surface area (Å²) >= 11 is 0. The van der Waals surface area contributed by atoms with E-state index in [0.717, 1.165) is 25.6 Å². The lowest BCUT2D eigenvalue weighted by Crippen LogP contribution is -2.37. The number of aryl methyl sites for hydroxylation is 1. The summed E-state index contributed by atoms with van der Waals surface area (Å²) in [6.45, 7) is 4.60. The van der Waals surface area contributed by atoms with E-state index in [1.165, 1.54) is 18.7 Å². The molecule has 0 aliphatic heterocycles. The number of hydrogen-bond acceptors (Lipinski definition) is 6. The SMILES string of the molecule is CCCOc1cccc(Cn2c(=O)n(S(=O)(=O)N(C)C)c3cc4onc(C)c4cc32)c1. The normalized spacial score (nSPS) is 12.3. The van der Waals surface area contributed by atoms with Crippen LogP contribution in [0.15, 0.2) is 45.7 Å². The molecule has 4 aromatic rings. The van der Waals surface area contributed by atoms with Gasteiger partial charge in [0.25, 0.3) is 0 Å². The number of ether oxygens (including phenoxy) is 1. The van der Waals surface area contributed by atoms with Crippen LogP contribution >= 0.6 is 0 Å². The van der Waals surface area contributed by atoms with E-state index in [2.05, 4.69) is 5.16 Å². The molecule has 2 aromatic carbocycles. The summed E-state index contributed by atoms with van der Waals surface area (Å²) in [6.07, 6.45) is 0.883. The lowest BCUT2D eigenvalue weighted by Gasteiger charge is -2.11. The number of rotatable bonds is 7. The van der Waals surface area contributed by atoms with Crippen molar-refractivity contribution in [1.29, 1.82) is 0 Å². The van der Waals surface area contributed by atoms with E-state index >= 15 is 0 Å². The highest BCUT2D eigenvalue weighted by atomic mass is 32.2. The van der Waals surface area contributed by atoms with Crippen molar-refractivity contribution < 1.29 is 17.7 Å². The standard InChI is InChI=1S/C21H24N4O5S/c1-5-9-29-16-8-6-7-15(10-16)13-24-18-11-17-14(2)22-30-20(17)12-19(18)25(21(24)26)31(27,28)23(3)4/h6-8,10-12H,5,9,13H2,1-4H3. The molecule has 0 N–H and O–H groups in total. The minimum absolute atomic E-state index is 0.185. The molecule has 4 rings (SSSR count). The first-order valence-corrected chi connectivity index (χ1v) is 11.3. The lowest BCUT2D eigenvalue weighted by molar-refractivity contribution is 0.317. The first-order valence-electron chi connectivity index (χ1n) is 9.90. The van der Waals surface area contributed by atoms with Gasteiger partial charge >= 0.3 is 15.9 Å². The van der Waals surface area contributed by atoms with Crippen LogP contribution in [0.5, 0.6) is 5.75 Å². The summed E-state index contributed by atoms with van der Waals surface area (Å²) in [6, 6.07) is 10.7. The number of nitrogens with zero attached hydrogens (tertiary/aromatic N) is 4. The maximum absolute atomic E-state index is 13.3. The van der Waals surface area contributed by atoms with Crippen molar-refractivity contribution >= 4 is 32.2 Å². The fraction of sp³-hybridized carbons (Fsp3) is 0.333. The summed E-state index contributed by atoms with van der Waals surface area (Å²) in [4.78, 5) is 13.3. The van der Waals surface area contributed by atoms with E-state index in [-0.39, 0.29) is 12.1 Å². The van der Waals surface area contributed by atoms with Gasteiger partial charge in [-0.25, -0.2) is 4.79 Å². The molecule has 0 spiro atoms. The zero-order chi connectivity index (χ0) is 22.3.